The summed E-state index contributed by atoms with van der Waals surface area (Å²) in [5.41, 5.74) is 6.76. The van der Waals surface area contributed by atoms with E-state index in [1.165, 1.54) is 18.2 Å². The SMILES string of the molecule is NC(=O)c1ccccc1NC(=O)NCCc1ccc(F)cc1. The van der Waals surface area contributed by atoms with Gasteiger partial charge < -0.3 is 16.4 Å². The van der Waals surface area contributed by atoms with Gasteiger partial charge in [0.15, 0.2) is 0 Å². The lowest BCUT2D eigenvalue weighted by Crippen LogP contribution is -2.31. The number of urea groups is 1. The second kappa shape index (κ2) is 7.21. The van der Waals surface area contributed by atoms with Crippen molar-refractivity contribution in [3.8, 4) is 0 Å². The molecule has 5 nitrogen and oxygen atoms in total. The number of hydrogen-bond acceptors (Lipinski definition) is 2. The van der Waals surface area contributed by atoms with Crippen LogP contribution in [0.15, 0.2) is 48.5 Å². The van der Waals surface area contributed by atoms with Gasteiger partial charge >= 0.3 is 6.03 Å². The fraction of sp³-hybridized carbons (Fsp3) is 0.125. The van der Waals surface area contributed by atoms with E-state index in [0.717, 1.165) is 5.56 Å². The first-order valence-electron chi connectivity index (χ1n) is 6.74. The molecule has 2 aromatic carbocycles. The van der Waals surface area contributed by atoms with Gasteiger partial charge in [0.2, 0.25) is 0 Å². The van der Waals surface area contributed by atoms with Crippen LogP contribution in [0, 0.1) is 5.82 Å². The largest absolute Gasteiger partial charge is 0.366 e. The van der Waals surface area contributed by atoms with Crippen LogP contribution in [-0.4, -0.2) is 18.5 Å². The number of rotatable bonds is 5. The van der Waals surface area contributed by atoms with Crippen LogP contribution in [0.1, 0.15) is 15.9 Å². The van der Waals surface area contributed by atoms with Gasteiger partial charge in [-0.3, -0.25) is 4.79 Å². The summed E-state index contributed by atoms with van der Waals surface area (Å²) < 4.78 is 12.8. The van der Waals surface area contributed by atoms with Crippen LogP contribution >= 0.6 is 0 Å². The van der Waals surface area contributed by atoms with Gasteiger partial charge in [0.05, 0.1) is 11.3 Å². The zero-order valence-corrected chi connectivity index (χ0v) is 11.8. The van der Waals surface area contributed by atoms with Crippen molar-refractivity contribution >= 4 is 17.6 Å². The molecule has 0 fully saturated rings. The average molecular weight is 301 g/mol. The standard InChI is InChI=1S/C16H16FN3O2/c17-12-7-5-11(6-8-12)9-10-19-16(22)20-14-4-2-1-3-13(14)15(18)21/h1-8H,9-10H2,(H2,18,21)(H2,19,20,22). The molecule has 0 aromatic heterocycles. The number of halogens is 1. The minimum absolute atomic E-state index is 0.246. The van der Waals surface area contributed by atoms with Crippen LogP contribution in [0.2, 0.25) is 0 Å². The Morgan fingerprint density at radius 3 is 2.41 bits per heavy atom. The van der Waals surface area contributed by atoms with Gasteiger partial charge in [-0.1, -0.05) is 24.3 Å². The van der Waals surface area contributed by atoms with Crippen molar-refractivity contribution in [3.05, 3.63) is 65.5 Å². The number of anilines is 1. The third kappa shape index (κ3) is 4.31. The molecule has 0 heterocycles. The van der Waals surface area contributed by atoms with Crippen molar-refractivity contribution in [3.63, 3.8) is 0 Å². The third-order valence-electron chi connectivity index (χ3n) is 3.05. The van der Waals surface area contributed by atoms with Crippen molar-refractivity contribution in [1.82, 2.24) is 5.32 Å². The maximum Gasteiger partial charge on any atom is 0.319 e. The van der Waals surface area contributed by atoms with Crippen LogP contribution in [0.3, 0.4) is 0 Å². The number of amides is 3. The van der Waals surface area contributed by atoms with Crippen molar-refractivity contribution in [2.75, 3.05) is 11.9 Å². The molecule has 0 atom stereocenters. The van der Waals surface area contributed by atoms with Gasteiger partial charge in [-0.15, -0.1) is 0 Å². The van der Waals surface area contributed by atoms with E-state index in [1.807, 2.05) is 0 Å². The van der Waals surface area contributed by atoms with Crippen molar-refractivity contribution in [1.29, 1.82) is 0 Å². The minimum Gasteiger partial charge on any atom is -0.366 e. The summed E-state index contributed by atoms with van der Waals surface area (Å²) in [6.45, 7) is 0.385. The lowest BCUT2D eigenvalue weighted by Gasteiger charge is -2.10. The smallest absolute Gasteiger partial charge is 0.319 e. The van der Waals surface area contributed by atoms with E-state index in [9.17, 15) is 14.0 Å². The van der Waals surface area contributed by atoms with Gasteiger partial charge in [-0.25, -0.2) is 9.18 Å². The second-order valence-corrected chi connectivity index (χ2v) is 4.67. The van der Waals surface area contributed by atoms with E-state index in [2.05, 4.69) is 10.6 Å². The maximum absolute atomic E-state index is 12.8. The molecule has 3 amide bonds. The highest BCUT2D eigenvalue weighted by atomic mass is 19.1. The molecule has 0 aliphatic rings. The summed E-state index contributed by atoms with van der Waals surface area (Å²) in [5.74, 6) is -0.903. The molecule has 22 heavy (non-hydrogen) atoms. The quantitative estimate of drug-likeness (QED) is 0.791. The number of carbonyl (C=O) groups excluding carboxylic acids is 2. The number of nitrogens with two attached hydrogens (primary N) is 1. The third-order valence-corrected chi connectivity index (χ3v) is 3.05. The first kappa shape index (κ1) is 15.5. The molecule has 0 aliphatic heterocycles. The number of primary amides is 1. The normalized spacial score (nSPS) is 10.0. The molecule has 6 heteroatoms. The van der Waals surface area contributed by atoms with E-state index >= 15 is 0 Å². The Kier molecular flexibility index (Phi) is 5.08. The van der Waals surface area contributed by atoms with E-state index in [1.54, 1.807) is 30.3 Å². The van der Waals surface area contributed by atoms with Crippen LogP contribution in [0.25, 0.3) is 0 Å². The Morgan fingerprint density at radius 2 is 1.73 bits per heavy atom. The molecule has 0 spiro atoms. The molecule has 2 rings (SSSR count). The average Bonchev–Trinajstić information content (AvgIpc) is 2.49. The topological polar surface area (TPSA) is 84.2 Å². The predicted octanol–water partition coefficient (Wildman–Crippen LogP) is 2.29. The van der Waals surface area contributed by atoms with Crippen molar-refractivity contribution in [2.24, 2.45) is 5.73 Å². The molecule has 0 bridgehead atoms. The van der Waals surface area contributed by atoms with E-state index < -0.39 is 11.9 Å². The monoisotopic (exact) mass is 301 g/mol. The molecule has 2 aromatic rings. The molecule has 4 N–H and O–H groups in total. The summed E-state index contributed by atoms with van der Waals surface area (Å²) >= 11 is 0. The van der Waals surface area contributed by atoms with Crippen LogP contribution in [-0.2, 0) is 6.42 Å². The van der Waals surface area contributed by atoms with Gasteiger partial charge in [-0.2, -0.15) is 0 Å². The number of hydrogen-bond donors (Lipinski definition) is 3. The Labute approximate surface area is 127 Å². The Morgan fingerprint density at radius 1 is 1.05 bits per heavy atom. The van der Waals surface area contributed by atoms with E-state index in [4.69, 9.17) is 5.73 Å². The van der Waals surface area contributed by atoms with Crippen LogP contribution in [0.5, 0.6) is 0 Å². The fourth-order valence-corrected chi connectivity index (χ4v) is 1.94. The highest BCUT2D eigenvalue weighted by Crippen LogP contribution is 2.13. The molecular formula is C16H16FN3O2. The number of benzene rings is 2. The number of nitrogens with one attached hydrogen (secondary N) is 2. The fourth-order valence-electron chi connectivity index (χ4n) is 1.94. The summed E-state index contributed by atoms with van der Waals surface area (Å²) in [7, 11) is 0. The molecule has 0 unspecified atom stereocenters. The number of para-hydroxylation sites is 1. The van der Waals surface area contributed by atoms with E-state index in [0.29, 0.717) is 18.7 Å². The molecular weight excluding hydrogens is 285 g/mol. The summed E-state index contributed by atoms with van der Waals surface area (Å²) in [6.07, 6.45) is 0.575. The Hall–Kier alpha value is -2.89. The van der Waals surface area contributed by atoms with Crippen LogP contribution in [0.4, 0.5) is 14.9 Å². The summed E-state index contributed by atoms with van der Waals surface area (Å²) in [6, 6.07) is 12.1. The molecule has 0 saturated carbocycles. The zero-order chi connectivity index (χ0) is 15.9. The predicted molar refractivity (Wildman–Crippen MR) is 82.1 cm³/mol. The van der Waals surface area contributed by atoms with Gasteiger partial charge in [0.1, 0.15) is 5.82 Å². The van der Waals surface area contributed by atoms with Crippen molar-refractivity contribution < 1.29 is 14.0 Å². The van der Waals surface area contributed by atoms with E-state index in [-0.39, 0.29) is 11.4 Å². The molecule has 0 radical (unpaired) electrons. The summed E-state index contributed by atoms with van der Waals surface area (Å²) in [4.78, 5) is 23.0. The van der Waals surface area contributed by atoms with Crippen LogP contribution < -0.4 is 16.4 Å². The summed E-state index contributed by atoms with van der Waals surface area (Å²) in [5, 5.41) is 5.24. The zero-order valence-electron chi connectivity index (χ0n) is 11.8. The van der Waals surface area contributed by atoms with Gasteiger partial charge in [0, 0.05) is 6.54 Å². The molecule has 0 saturated heterocycles. The minimum atomic E-state index is -0.609. The first-order chi connectivity index (χ1) is 10.6. The Bertz CT molecular complexity index is 671. The maximum atomic E-state index is 12.8. The lowest BCUT2D eigenvalue weighted by molar-refractivity contribution is 0.100. The van der Waals surface area contributed by atoms with Gasteiger partial charge in [0.25, 0.3) is 5.91 Å². The molecule has 0 aliphatic carbocycles. The van der Waals surface area contributed by atoms with Crippen molar-refractivity contribution in [2.45, 2.75) is 6.42 Å². The highest BCUT2D eigenvalue weighted by Gasteiger charge is 2.09. The highest BCUT2D eigenvalue weighted by molar-refractivity contribution is 6.02. The Balaban J connectivity index is 1.86. The first-order valence-corrected chi connectivity index (χ1v) is 6.74. The second-order valence-electron chi connectivity index (χ2n) is 4.67. The molecule has 114 valence electrons. The van der Waals surface area contributed by atoms with Gasteiger partial charge in [-0.05, 0) is 36.2 Å². The number of carbonyl (C=O) groups is 2. The lowest BCUT2D eigenvalue weighted by atomic mass is 10.1.